The van der Waals surface area contributed by atoms with Gasteiger partial charge < -0.3 is 10.6 Å². The van der Waals surface area contributed by atoms with Crippen LogP contribution in [0, 0.1) is 13.8 Å². The SMILES string of the molecule is CCCCNC(=NCc1c(C)nn(-c2ccccc2)c1C)NCC. The van der Waals surface area contributed by atoms with Crippen molar-refractivity contribution in [2.24, 2.45) is 4.99 Å². The highest BCUT2D eigenvalue weighted by atomic mass is 15.3. The summed E-state index contributed by atoms with van der Waals surface area (Å²) in [5.74, 6) is 0.872. The molecule has 0 saturated carbocycles. The van der Waals surface area contributed by atoms with Crippen molar-refractivity contribution in [3.63, 3.8) is 0 Å². The first-order chi connectivity index (χ1) is 11.7. The van der Waals surface area contributed by atoms with Crippen LogP contribution in [0.1, 0.15) is 43.6 Å². The van der Waals surface area contributed by atoms with Crippen LogP contribution in [-0.2, 0) is 6.54 Å². The molecule has 24 heavy (non-hydrogen) atoms. The number of guanidine groups is 1. The lowest BCUT2D eigenvalue weighted by atomic mass is 10.2. The molecular weight excluding hydrogens is 298 g/mol. The molecule has 0 unspecified atom stereocenters. The minimum absolute atomic E-state index is 0.631. The summed E-state index contributed by atoms with van der Waals surface area (Å²) in [6.45, 7) is 10.9. The highest BCUT2D eigenvalue weighted by Crippen LogP contribution is 2.18. The monoisotopic (exact) mass is 327 g/mol. The number of unbranched alkanes of at least 4 members (excludes halogenated alkanes) is 1. The van der Waals surface area contributed by atoms with E-state index in [1.54, 1.807) is 0 Å². The highest BCUT2D eigenvalue weighted by molar-refractivity contribution is 5.79. The van der Waals surface area contributed by atoms with Gasteiger partial charge in [-0.1, -0.05) is 31.5 Å². The van der Waals surface area contributed by atoms with Crippen LogP contribution in [0.15, 0.2) is 35.3 Å². The molecule has 130 valence electrons. The summed E-state index contributed by atoms with van der Waals surface area (Å²) < 4.78 is 2.00. The van der Waals surface area contributed by atoms with Gasteiger partial charge in [-0.3, -0.25) is 0 Å². The predicted molar refractivity (Wildman–Crippen MR) is 101 cm³/mol. The topological polar surface area (TPSA) is 54.2 Å². The van der Waals surface area contributed by atoms with E-state index >= 15 is 0 Å². The lowest BCUT2D eigenvalue weighted by Crippen LogP contribution is -2.37. The molecule has 0 bridgehead atoms. The number of aliphatic imine (C=N–C) groups is 1. The number of rotatable bonds is 7. The molecule has 5 heteroatoms. The molecule has 2 rings (SSSR count). The number of nitrogens with zero attached hydrogens (tertiary/aromatic N) is 3. The quantitative estimate of drug-likeness (QED) is 0.466. The third kappa shape index (κ3) is 4.60. The second kappa shape index (κ2) is 9.11. The van der Waals surface area contributed by atoms with E-state index in [-0.39, 0.29) is 0 Å². The van der Waals surface area contributed by atoms with Crippen LogP contribution < -0.4 is 10.6 Å². The van der Waals surface area contributed by atoms with E-state index in [1.165, 1.54) is 12.0 Å². The fourth-order valence-electron chi connectivity index (χ4n) is 2.61. The van der Waals surface area contributed by atoms with Crippen molar-refractivity contribution < 1.29 is 0 Å². The molecule has 2 aromatic rings. The molecule has 0 radical (unpaired) electrons. The molecular formula is C19H29N5. The molecule has 1 aromatic carbocycles. The van der Waals surface area contributed by atoms with E-state index < -0.39 is 0 Å². The van der Waals surface area contributed by atoms with Crippen molar-refractivity contribution in [1.29, 1.82) is 0 Å². The summed E-state index contributed by atoms with van der Waals surface area (Å²) in [5, 5.41) is 11.4. The third-order valence-electron chi connectivity index (χ3n) is 4.00. The molecule has 0 saturated heterocycles. The molecule has 0 fully saturated rings. The second-order valence-corrected chi connectivity index (χ2v) is 5.87. The molecule has 0 aliphatic rings. The van der Waals surface area contributed by atoms with Crippen molar-refractivity contribution in [3.8, 4) is 5.69 Å². The van der Waals surface area contributed by atoms with Gasteiger partial charge in [0.2, 0.25) is 0 Å². The third-order valence-corrected chi connectivity index (χ3v) is 4.00. The summed E-state index contributed by atoms with van der Waals surface area (Å²) in [4.78, 5) is 4.73. The lowest BCUT2D eigenvalue weighted by molar-refractivity contribution is 0.730. The summed E-state index contributed by atoms with van der Waals surface area (Å²) in [5.41, 5.74) is 4.45. The van der Waals surface area contributed by atoms with Crippen molar-refractivity contribution in [1.82, 2.24) is 20.4 Å². The van der Waals surface area contributed by atoms with E-state index in [0.717, 1.165) is 42.5 Å². The molecule has 0 aliphatic carbocycles. The number of aromatic nitrogens is 2. The molecule has 1 heterocycles. The zero-order chi connectivity index (χ0) is 17.4. The van der Waals surface area contributed by atoms with E-state index in [2.05, 4.69) is 55.6 Å². The zero-order valence-corrected chi connectivity index (χ0v) is 15.3. The van der Waals surface area contributed by atoms with Gasteiger partial charge in [-0.25, -0.2) is 9.67 Å². The molecule has 0 atom stereocenters. The first kappa shape index (κ1) is 18.0. The number of benzene rings is 1. The van der Waals surface area contributed by atoms with Crippen LogP contribution in [0.4, 0.5) is 0 Å². The Kier molecular flexibility index (Phi) is 6.85. The number of hydrogen-bond donors (Lipinski definition) is 2. The van der Waals surface area contributed by atoms with Gasteiger partial charge in [0.1, 0.15) is 0 Å². The van der Waals surface area contributed by atoms with Gasteiger partial charge in [-0.2, -0.15) is 5.10 Å². The maximum absolute atomic E-state index is 4.73. The Morgan fingerprint density at radius 3 is 2.54 bits per heavy atom. The average molecular weight is 327 g/mol. The summed E-state index contributed by atoms with van der Waals surface area (Å²) in [6.07, 6.45) is 2.32. The summed E-state index contributed by atoms with van der Waals surface area (Å²) in [7, 11) is 0. The zero-order valence-electron chi connectivity index (χ0n) is 15.3. The predicted octanol–water partition coefficient (Wildman–Crippen LogP) is 3.34. The molecule has 1 aromatic heterocycles. The molecule has 2 N–H and O–H groups in total. The van der Waals surface area contributed by atoms with Gasteiger partial charge in [0, 0.05) is 24.3 Å². The van der Waals surface area contributed by atoms with Crippen LogP contribution >= 0.6 is 0 Å². The van der Waals surface area contributed by atoms with Gasteiger partial charge in [0.25, 0.3) is 0 Å². The maximum Gasteiger partial charge on any atom is 0.191 e. The molecule has 0 spiro atoms. The van der Waals surface area contributed by atoms with E-state index in [0.29, 0.717) is 6.54 Å². The first-order valence-electron chi connectivity index (χ1n) is 8.80. The van der Waals surface area contributed by atoms with Gasteiger partial charge in [0.05, 0.1) is 17.9 Å². The van der Waals surface area contributed by atoms with Crippen molar-refractivity contribution in [2.45, 2.75) is 47.1 Å². The van der Waals surface area contributed by atoms with Gasteiger partial charge in [0.15, 0.2) is 5.96 Å². The highest BCUT2D eigenvalue weighted by Gasteiger charge is 2.12. The fourth-order valence-corrected chi connectivity index (χ4v) is 2.61. The van der Waals surface area contributed by atoms with Gasteiger partial charge >= 0.3 is 0 Å². The Hall–Kier alpha value is -2.30. The van der Waals surface area contributed by atoms with Gasteiger partial charge in [-0.15, -0.1) is 0 Å². The van der Waals surface area contributed by atoms with Crippen molar-refractivity contribution in [2.75, 3.05) is 13.1 Å². The first-order valence-corrected chi connectivity index (χ1v) is 8.80. The van der Waals surface area contributed by atoms with Crippen LogP contribution in [0.2, 0.25) is 0 Å². The van der Waals surface area contributed by atoms with E-state index in [4.69, 9.17) is 4.99 Å². The maximum atomic E-state index is 4.73. The number of para-hydroxylation sites is 1. The standard InChI is InChI=1S/C19H29N5/c1-5-7-13-21-19(20-6-2)22-14-18-15(3)23-24(16(18)4)17-11-9-8-10-12-17/h8-12H,5-7,13-14H2,1-4H3,(H2,20,21,22). The Morgan fingerprint density at radius 2 is 1.88 bits per heavy atom. The van der Waals surface area contributed by atoms with Crippen LogP contribution in [0.25, 0.3) is 5.69 Å². The Balaban J connectivity index is 2.16. The molecule has 0 aliphatic heterocycles. The van der Waals surface area contributed by atoms with Crippen LogP contribution in [0.5, 0.6) is 0 Å². The summed E-state index contributed by atoms with van der Waals surface area (Å²) in [6, 6.07) is 10.2. The number of hydrogen-bond acceptors (Lipinski definition) is 2. The number of nitrogens with one attached hydrogen (secondary N) is 2. The van der Waals surface area contributed by atoms with Gasteiger partial charge in [-0.05, 0) is 39.3 Å². The van der Waals surface area contributed by atoms with E-state index in [9.17, 15) is 0 Å². The Bertz CT molecular complexity index is 658. The van der Waals surface area contributed by atoms with Crippen molar-refractivity contribution >= 4 is 5.96 Å². The second-order valence-electron chi connectivity index (χ2n) is 5.87. The van der Waals surface area contributed by atoms with Crippen LogP contribution in [0.3, 0.4) is 0 Å². The fraction of sp³-hybridized carbons (Fsp3) is 0.474. The normalized spacial score (nSPS) is 11.6. The Labute approximate surface area is 145 Å². The number of aryl methyl sites for hydroxylation is 1. The smallest absolute Gasteiger partial charge is 0.191 e. The summed E-state index contributed by atoms with van der Waals surface area (Å²) >= 11 is 0. The van der Waals surface area contributed by atoms with Crippen molar-refractivity contribution in [3.05, 3.63) is 47.3 Å². The largest absolute Gasteiger partial charge is 0.357 e. The lowest BCUT2D eigenvalue weighted by Gasteiger charge is -2.11. The molecule has 5 nitrogen and oxygen atoms in total. The minimum atomic E-state index is 0.631. The van der Waals surface area contributed by atoms with Crippen LogP contribution in [-0.4, -0.2) is 28.8 Å². The molecule has 0 amide bonds. The average Bonchev–Trinajstić information content (AvgIpc) is 2.88. The van der Waals surface area contributed by atoms with E-state index in [1.807, 2.05) is 22.9 Å². The minimum Gasteiger partial charge on any atom is -0.357 e. The Morgan fingerprint density at radius 1 is 1.12 bits per heavy atom.